The van der Waals surface area contributed by atoms with E-state index >= 15 is 0 Å². The first kappa shape index (κ1) is 21.6. The van der Waals surface area contributed by atoms with E-state index in [1.54, 1.807) is 0 Å². The summed E-state index contributed by atoms with van der Waals surface area (Å²) in [4.78, 5) is 31.1. The molecular formula is C17H17F5N6O2. The smallest absolute Gasteiger partial charge is 0.363 e. The average Bonchev–Trinajstić information content (AvgIpc) is 3.13. The van der Waals surface area contributed by atoms with E-state index in [-0.39, 0.29) is 25.2 Å². The predicted octanol–water partition coefficient (Wildman–Crippen LogP) is 2.79. The molecule has 30 heavy (non-hydrogen) atoms. The van der Waals surface area contributed by atoms with Gasteiger partial charge in [0.1, 0.15) is 17.1 Å². The Morgan fingerprint density at radius 2 is 2.07 bits per heavy atom. The number of carbonyl (C=O) groups is 2. The van der Waals surface area contributed by atoms with Crippen LogP contribution in [0.3, 0.4) is 0 Å². The van der Waals surface area contributed by atoms with Crippen LogP contribution in [0.5, 0.6) is 0 Å². The van der Waals surface area contributed by atoms with Crippen LogP contribution in [0.2, 0.25) is 0 Å². The third-order valence-electron chi connectivity index (χ3n) is 4.68. The fourth-order valence-corrected chi connectivity index (χ4v) is 3.45. The molecule has 8 nitrogen and oxygen atoms in total. The Morgan fingerprint density at radius 1 is 1.37 bits per heavy atom. The lowest BCUT2D eigenvalue weighted by Crippen LogP contribution is -2.25. The zero-order valence-corrected chi connectivity index (χ0v) is 15.6. The standard InChI is InChI=1S/C17H17F5N6O2/c1-8-11(17(20,21)22)12(28(27-8)7-9-2-4-16(18,19)6-9)15(30)26-10-3-5-24-14(25-10)13(23)29/h3,5,9H,2,4,6-7H2,1H3,(H2,23,29)(H,24,25,26,30)/t9-/m0/s1. The van der Waals surface area contributed by atoms with Crippen molar-refractivity contribution in [3.63, 3.8) is 0 Å². The third kappa shape index (κ3) is 4.54. The Kier molecular flexibility index (Phi) is 5.48. The highest BCUT2D eigenvalue weighted by atomic mass is 19.4. The molecule has 0 bridgehead atoms. The monoisotopic (exact) mass is 432 g/mol. The molecule has 0 radical (unpaired) electrons. The summed E-state index contributed by atoms with van der Waals surface area (Å²) in [7, 11) is 0. The molecule has 1 saturated carbocycles. The molecule has 162 valence electrons. The molecule has 1 aliphatic carbocycles. The Balaban J connectivity index is 1.95. The molecule has 0 aromatic carbocycles. The molecule has 2 aromatic heterocycles. The number of carbonyl (C=O) groups excluding carboxylic acids is 2. The lowest BCUT2D eigenvalue weighted by Gasteiger charge is -2.15. The van der Waals surface area contributed by atoms with Gasteiger partial charge in [0, 0.05) is 25.6 Å². The number of aromatic nitrogens is 4. The van der Waals surface area contributed by atoms with Gasteiger partial charge < -0.3 is 11.1 Å². The van der Waals surface area contributed by atoms with Crippen LogP contribution in [0.25, 0.3) is 0 Å². The number of hydrogen-bond donors (Lipinski definition) is 2. The Morgan fingerprint density at radius 3 is 2.63 bits per heavy atom. The van der Waals surface area contributed by atoms with Crippen LogP contribution < -0.4 is 11.1 Å². The van der Waals surface area contributed by atoms with E-state index in [1.807, 2.05) is 0 Å². The lowest BCUT2D eigenvalue weighted by molar-refractivity contribution is -0.138. The molecule has 2 aromatic rings. The largest absolute Gasteiger partial charge is 0.420 e. The summed E-state index contributed by atoms with van der Waals surface area (Å²) in [5.74, 6) is -6.43. The summed E-state index contributed by atoms with van der Waals surface area (Å²) in [5, 5.41) is 5.93. The van der Waals surface area contributed by atoms with Gasteiger partial charge in [-0.1, -0.05) is 0 Å². The van der Waals surface area contributed by atoms with Crippen LogP contribution >= 0.6 is 0 Å². The molecule has 0 unspecified atom stereocenters. The number of primary amides is 1. The Labute approximate surface area is 166 Å². The molecular weight excluding hydrogens is 415 g/mol. The molecule has 3 rings (SSSR count). The summed E-state index contributed by atoms with van der Waals surface area (Å²) in [6, 6.07) is 1.16. The zero-order valence-electron chi connectivity index (χ0n) is 15.6. The average molecular weight is 432 g/mol. The van der Waals surface area contributed by atoms with Crippen LogP contribution in [0.15, 0.2) is 12.3 Å². The van der Waals surface area contributed by atoms with Gasteiger partial charge in [-0.25, -0.2) is 18.7 Å². The number of alkyl halides is 5. The maximum absolute atomic E-state index is 13.6. The second-order valence-electron chi connectivity index (χ2n) is 7.04. The van der Waals surface area contributed by atoms with Gasteiger partial charge in [-0.3, -0.25) is 14.3 Å². The summed E-state index contributed by atoms with van der Waals surface area (Å²) >= 11 is 0. The van der Waals surface area contributed by atoms with Crippen molar-refractivity contribution in [3.05, 3.63) is 35.0 Å². The maximum atomic E-state index is 13.6. The normalized spacial score (nSPS) is 18.4. The predicted molar refractivity (Wildman–Crippen MR) is 92.8 cm³/mol. The highest BCUT2D eigenvalue weighted by molar-refractivity contribution is 6.04. The van der Waals surface area contributed by atoms with E-state index in [1.165, 1.54) is 0 Å². The van der Waals surface area contributed by atoms with Crippen LogP contribution in [0, 0.1) is 12.8 Å². The Bertz CT molecular complexity index is 988. The topological polar surface area (TPSA) is 116 Å². The SMILES string of the molecule is Cc1nn(C[C@H]2CCC(F)(F)C2)c(C(=O)Nc2ccnc(C(N)=O)n2)c1C(F)(F)F. The fraction of sp³-hybridized carbons (Fsp3) is 0.471. The number of hydrogen-bond acceptors (Lipinski definition) is 5. The molecule has 0 saturated heterocycles. The number of rotatable bonds is 5. The minimum Gasteiger partial charge on any atom is -0.363 e. The van der Waals surface area contributed by atoms with E-state index in [9.17, 15) is 31.5 Å². The first-order valence-corrected chi connectivity index (χ1v) is 8.84. The molecule has 2 heterocycles. The second-order valence-corrected chi connectivity index (χ2v) is 7.04. The van der Waals surface area contributed by atoms with Crippen molar-refractivity contribution in [2.24, 2.45) is 11.7 Å². The molecule has 1 fully saturated rings. The van der Waals surface area contributed by atoms with Crippen molar-refractivity contribution in [2.45, 2.75) is 44.8 Å². The van der Waals surface area contributed by atoms with Gasteiger partial charge >= 0.3 is 6.18 Å². The lowest BCUT2D eigenvalue weighted by atomic mass is 10.1. The molecule has 0 aliphatic heterocycles. The quantitative estimate of drug-likeness (QED) is 0.705. The van der Waals surface area contributed by atoms with Gasteiger partial charge in [0.25, 0.3) is 11.8 Å². The molecule has 1 atom stereocenters. The van der Waals surface area contributed by atoms with Gasteiger partial charge in [-0.05, 0) is 25.3 Å². The summed E-state index contributed by atoms with van der Waals surface area (Å²) in [6.07, 6.45) is -4.58. The third-order valence-corrected chi connectivity index (χ3v) is 4.68. The molecule has 0 spiro atoms. The minimum absolute atomic E-state index is 0.0994. The van der Waals surface area contributed by atoms with E-state index in [0.29, 0.717) is 0 Å². The number of nitrogens with one attached hydrogen (secondary N) is 1. The van der Waals surface area contributed by atoms with Gasteiger partial charge in [-0.2, -0.15) is 18.3 Å². The van der Waals surface area contributed by atoms with Gasteiger partial charge in [0.05, 0.1) is 5.69 Å². The van der Waals surface area contributed by atoms with E-state index in [2.05, 4.69) is 20.4 Å². The van der Waals surface area contributed by atoms with Crippen LogP contribution in [0.1, 0.15) is 51.6 Å². The van der Waals surface area contributed by atoms with Gasteiger partial charge in [0.15, 0.2) is 0 Å². The van der Waals surface area contributed by atoms with Crippen molar-refractivity contribution in [1.82, 2.24) is 19.7 Å². The van der Waals surface area contributed by atoms with Crippen molar-refractivity contribution >= 4 is 17.6 Å². The summed E-state index contributed by atoms with van der Waals surface area (Å²) < 4.78 is 68.5. The van der Waals surface area contributed by atoms with Crippen molar-refractivity contribution in [2.75, 3.05) is 5.32 Å². The number of aryl methyl sites for hydroxylation is 1. The zero-order chi connectivity index (χ0) is 22.3. The number of anilines is 1. The van der Waals surface area contributed by atoms with Crippen molar-refractivity contribution < 1.29 is 31.5 Å². The summed E-state index contributed by atoms with van der Waals surface area (Å²) in [6.45, 7) is 0.806. The van der Waals surface area contributed by atoms with E-state index < -0.39 is 59.0 Å². The van der Waals surface area contributed by atoms with Crippen molar-refractivity contribution in [1.29, 1.82) is 0 Å². The van der Waals surface area contributed by atoms with Crippen molar-refractivity contribution in [3.8, 4) is 0 Å². The number of nitrogens with zero attached hydrogens (tertiary/aromatic N) is 4. The highest BCUT2D eigenvalue weighted by Gasteiger charge is 2.43. The van der Waals surface area contributed by atoms with Gasteiger partial charge in [-0.15, -0.1) is 0 Å². The minimum atomic E-state index is -4.90. The van der Waals surface area contributed by atoms with Crippen LogP contribution in [-0.4, -0.2) is 37.5 Å². The van der Waals surface area contributed by atoms with E-state index in [0.717, 1.165) is 23.9 Å². The Hall–Kier alpha value is -3.12. The maximum Gasteiger partial charge on any atom is 0.420 e. The molecule has 3 N–H and O–H groups in total. The number of halogens is 5. The highest BCUT2D eigenvalue weighted by Crippen LogP contribution is 2.40. The number of amides is 2. The summed E-state index contributed by atoms with van der Waals surface area (Å²) in [5.41, 5.74) is 2.49. The number of nitrogens with two attached hydrogens (primary N) is 1. The molecule has 13 heteroatoms. The molecule has 1 aliphatic rings. The first-order valence-electron chi connectivity index (χ1n) is 8.84. The van der Waals surface area contributed by atoms with Gasteiger partial charge in [0.2, 0.25) is 11.7 Å². The van der Waals surface area contributed by atoms with Crippen LogP contribution in [-0.2, 0) is 12.7 Å². The second kappa shape index (κ2) is 7.61. The first-order chi connectivity index (χ1) is 13.9. The fourth-order valence-electron chi connectivity index (χ4n) is 3.45. The van der Waals surface area contributed by atoms with Crippen LogP contribution in [0.4, 0.5) is 27.8 Å². The van der Waals surface area contributed by atoms with E-state index in [4.69, 9.17) is 5.73 Å². The molecule has 2 amide bonds.